The number of ether oxygens (including phenoxy) is 2. The van der Waals surface area contributed by atoms with E-state index in [4.69, 9.17) is 9.47 Å². The largest absolute Gasteiger partial charge is 0.504 e. The Morgan fingerprint density at radius 2 is 1.95 bits per heavy atom. The van der Waals surface area contributed by atoms with Crippen LogP contribution in [0.1, 0.15) is 54.1 Å². The highest BCUT2D eigenvalue weighted by Crippen LogP contribution is 2.31. The molecule has 0 saturated carbocycles. The Kier molecular flexibility index (Phi) is 8.49. The fraction of sp³-hybridized carbons (Fsp3) is 0.355. The summed E-state index contributed by atoms with van der Waals surface area (Å²) in [5.41, 5.74) is 4.44. The van der Waals surface area contributed by atoms with Crippen LogP contribution < -0.4 is 15.4 Å². The number of carbonyl (C=O) groups excluding carboxylic acids is 2. The highest BCUT2D eigenvalue weighted by molar-refractivity contribution is 5.92. The highest BCUT2D eigenvalue weighted by Gasteiger charge is 2.32. The van der Waals surface area contributed by atoms with Crippen molar-refractivity contribution in [1.29, 1.82) is 0 Å². The minimum absolute atomic E-state index is 0.0530. The Bertz CT molecular complexity index is 1550. The van der Waals surface area contributed by atoms with Crippen LogP contribution in [0.5, 0.6) is 11.5 Å². The minimum Gasteiger partial charge on any atom is -0.504 e. The fourth-order valence-electron chi connectivity index (χ4n) is 5.14. The van der Waals surface area contributed by atoms with Crippen molar-refractivity contribution in [2.75, 3.05) is 19.8 Å². The first-order chi connectivity index (χ1) is 19.9. The zero-order valence-corrected chi connectivity index (χ0v) is 23.5. The maximum atomic E-state index is 14.3. The van der Waals surface area contributed by atoms with Crippen LogP contribution in [-0.4, -0.2) is 57.8 Å². The predicted molar refractivity (Wildman–Crippen MR) is 154 cm³/mol. The monoisotopic (exact) mass is 557 g/mol. The number of rotatable bonds is 10. The van der Waals surface area contributed by atoms with Gasteiger partial charge in [-0.05, 0) is 74.6 Å². The number of nitrogens with zero attached hydrogens (tertiary/aromatic N) is 3. The van der Waals surface area contributed by atoms with E-state index in [0.29, 0.717) is 36.4 Å². The van der Waals surface area contributed by atoms with Crippen molar-refractivity contribution in [3.63, 3.8) is 0 Å². The summed E-state index contributed by atoms with van der Waals surface area (Å²) in [7, 11) is 0. The van der Waals surface area contributed by atoms with Crippen molar-refractivity contribution in [1.82, 2.24) is 25.6 Å². The van der Waals surface area contributed by atoms with Crippen molar-refractivity contribution in [2.45, 2.75) is 51.8 Å². The van der Waals surface area contributed by atoms with Crippen molar-refractivity contribution in [2.24, 2.45) is 0 Å². The number of hydrogen-bond donors (Lipinski definition) is 3. The molecule has 0 spiro atoms. The number of aromatic nitrogens is 3. The molecule has 3 unspecified atom stereocenters. The van der Waals surface area contributed by atoms with Gasteiger partial charge in [0.2, 0.25) is 11.8 Å². The molecule has 0 aliphatic carbocycles. The van der Waals surface area contributed by atoms with E-state index in [1.54, 1.807) is 23.7 Å². The number of para-hydroxylation sites is 1. The summed E-state index contributed by atoms with van der Waals surface area (Å²) in [4.78, 5) is 27.9. The number of benzene rings is 3. The molecule has 1 saturated heterocycles. The van der Waals surface area contributed by atoms with Gasteiger partial charge in [-0.1, -0.05) is 47.2 Å². The van der Waals surface area contributed by atoms with Gasteiger partial charge < -0.3 is 25.2 Å². The number of aromatic hydroxyl groups is 1. The lowest BCUT2D eigenvalue weighted by Crippen LogP contribution is -2.45. The van der Waals surface area contributed by atoms with Crippen molar-refractivity contribution in [3.8, 4) is 11.5 Å². The standard InChI is InChI=1S/C31H35N5O5/c1-4-40-27-17-21(13-14-26(27)37)28(30(38)32-18-22-8-7-15-41-22)33-31(39)29(23-16-19(2)11-12-20(23)3)36-25-10-6-5-9-24(25)34-35-36/h5-6,9-14,16-17,22,28-29,37H,4,7-8,15,18H2,1-3H3,(H,32,38)(H,33,39). The summed E-state index contributed by atoms with van der Waals surface area (Å²) in [5, 5.41) is 24.9. The lowest BCUT2D eigenvalue weighted by atomic mass is 9.97. The molecule has 3 N–H and O–H groups in total. The number of aryl methyl sites for hydroxylation is 2. The lowest BCUT2D eigenvalue weighted by molar-refractivity contribution is -0.130. The van der Waals surface area contributed by atoms with Gasteiger partial charge in [-0.25, -0.2) is 4.68 Å². The van der Waals surface area contributed by atoms with Gasteiger partial charge >= 0.3 is 0 Å². The van der Waals surface area contributed by atoms with E-state index in [1.807, 2.05) is 56.3 Å². The van der Waals surface area contributed by atoms with E-state index < -0.39 is 23.9 Å². The molecular formula is C31H35N5O5. The summed E-state index contributed by atoms with van der Waals surface area (Å²) in [6, 6.07) is 16.0. The topological polar surface area (TPSA) is 128 Å². The molecule has 4 aromatic rings. The molecule has 0 radical (unpaired) electrons. The molecule has 1 aromatic heterocycles. The molecule has 2 heterocycles. The molecule has 3 atom stereocenters. The summed E-state index contributed by atoms with van der Waals surface area (Å²) in [5.74, 6) is -0.657. The zero-order chi connectivity index (χ0) is 28.9. The van der Waals surface area contributed by atoms with Crippen LogP contribution in [-0.2, 0) is 14.3 Å². The summed E-state index contributed by atoms with van der Waals surface area (Å²) in [6.07, 6.45) is 1.73. The van der Waals surface area contributed by atoms with Crippen molar-refractivity contribution >= 4 is 22.8 Å². The average molecular weight is 558 g/mol. The molecule has 1 fully saturated rings. The molecule has 2 amide bonds. The molecule has 214 valence electrons. The van der Waals surface area contributed by atoms with E-state index in [1.165, 1.54) is 6.07 Å². The fourth-order valence-corrected chi connectivity index (χ4v) is 5.14. The molecule has 3 aromatic carbocycles. The van der Waals surface area contributed by atoms with Crippen molar-refractivity contribution < 1.29 is 24.2 Å². The van der Waals surface area contributed by atoms with Gasteiger partial charge in [0.05, 0.1) is 18.2 Å². The Balaban J connectivity index is 1.54. The molecule has 10 nitrogen and oxygen atoms in total. The maximum Gasteiger partial charge on any atom is 0.250 e. The SMILES string of the molecule is CCOc1cc(C(NC(=O)C(c2cc(C)ccc2C)n2nnc3ccccc32)C(=O)NCC2CCCO2)ccc1O. The summed E-state index contributed by atoms with van der Waals surface area (Å²) < 4.78 is 12.8. The summed E-state index contributed by atoms with van der Waals surface area (Å²) >= 11 is 0. The third-order valence-electron chi connectivity index (χ3n) is 7.29. The molecule has 41 heavy (non-hydrogen) atoms. The van der Waals surface area contributed by atoms with Gasteiger partial charge in [-0.3, -0.25) is 9.59 Å². The van der Waals surface area contributed by atoms with Gasteiger partial charge in [0.15, 0.2) is 17.5 Å². The second-order valence-corrected chi connectivity index (χ2v) is 10.3. The van der Waals surface area contributed by atoms with Crippen molar-refractivity contribution in [3.05, 3.63) is 82.9 Å². The molecular weight excluding hydrogens is 522 g/mol. The van der Waals surface area contributed by atoms with Gasteiger partial charge in [-0.15, -0.1) is 5.10 Å². The van der Waals surface area contributed by atoms with Crippen LogP contribution in [0.15, 0.2) is 60.7 Å². The molecule has 5 rings (SSSR count). The zero-order valence-electron chi connectivity index (χ0n) is 23.5. The smallest absolute Gasteiger partial charge is 0.250 e. The van der Waals surface area contributed by atoms with E-state index in [-0.39, 0.29) is 17.6 Å². The van der Waals surface area contributed by atoms with Gasteiger partial charge in [0, 0.05) is 13.2 Å². The van der Waals surface area contributed by atoms with Crippen LogP contribution in [0.25, 0.3) is 11.0 Å². The quantitative estimate of drug-likeness (QED) is 0.270. The molecule has 0 bridgehead atoms. The number of hydrogen-bond acceptors (Lipinski definition) is 7. The van der Waals surface area contributed by atoms with Crippen LogP contribution in [0.3, 0.4) is 0 Å². The van der Waals surface area contributed by atoms with Gasteiger partial charge in [0.1, 0.15) is 11.6 Å². The average Bonchev–Trinajstić information content (AvgIpc) is 3.64. The number of phenols is 1. The second kappa shape index (κ2) is 12.4. The number of nitrogens with one attached hydrogen (secondary N) is 2. The van der Waals surface area contributed by atoms with Crippen LogP contribution in [0.4, 0.5) is 0 Å². The van der Waals surface area contributed by atoms with E-state index in [9.17, 15) is 14.7 Å². The number of fused-ring (bicyclic) bond motifs is 1. The molecule has 1 aliphatic heterocycles. The number of phenolic OH excluding ortho intramolecular Hbond substituents is 1. The Morgan fingerprint density at radius 3 is 2.73 bits per heavy atom. The Labute approximate surface area is 238 Å². The van der Waals surface area contributed by atoms with E-state index >= 15 is 0 Å². The van der Waals surface area contributed by atoms with Crippen LogP contribution in [0.2, 0.25) is 0 Å². The van der Waals surface area contributed by atoms with E-state index in [2.05, 4.69) is 20.9 Å². The lowest BCUT2D eigenvalue weighted by Gasteiger charge is -2.25. The number of carbonyl (C=O) groups is 2. The predicted octanol–water partition coefficient (Wildman–Crippen LogP) is 3.89. The Hall–Kier alpha value is -4.44. The van der Waals surface area contributed by atoms with E-state index in [0.717, 1.165) is 29.5 Å². The molecule has 10 heteroatoms. The third kappa shape index (κ3) is 6.17. The van der Waals surface area contributed by atoms with Crippen LogP contribution >= 0.6 is 0 Å². The summed E-state index contributed by atoms with van der Waals surface area (Å²) in [6.45, 7) is 7.03. The second-order valence-electron chi connectivity index (χ2n) is 10.3. The number of amides is 2. The first-order valence-electron chi connectivity index (χ1n) is 13.9. The van der Waals surface area contributed by atoms with Gasteiger partial charge in [0.25, 0.3) is 0 Å². The van der Waals surface area contributed by atoms with Gasteiger partial charge in [-0.2, -0.15) is 0 Å². The Morgan fingerprint density at radius 1 is 1.12 bits per heavy atom. The minimum atomic E-state index is -1.08. The first-order valence-corrected chi connectivity index (χ1v) is 13.9. The first kappa shape index (κ1) is 28.1. The maximum absolute atomic E-state index is 14.3. The third-order valence-corrected chi connectivity index (χ3v) is 7.29. The normalized spacial score (nSPS) is 16.3. The molecule has 1 aliphatic rings. The van der Waals surface area contributed by atoms with Crippen LogP contribution in [0, 0.1) is 13.8 Å². The highest BCUT2D eigenvalue weighted by atomic mass is 16.5.